The van der Waals surface area contributed by atoms with E-state index in [-0.39, 0.29) is 6.04 Å². The first kappa shape index (κ1) is 10.6. The number of guanidine groups is 1. The van der Waals surface area contributed by atoms with Crippen molar-refractivity contribution < 1.29 is 0 Å². The lowest BCUT2D eigenvalue weighted by atomic mass is 10.3. The second-order valence-corrected chi connectivity index (χ2v) is 3.13. The van der Waals surface area contributed by atoms with Gasteiger partial charge in [0.2, 0.25) is 0 Å². The zero-order valence-corrected chi connectivity index (χ0v) is 8.64. The summed E-state index contributed by atoms with van der Waals surface area (Å²) in [6.45, 7) is 5.48. The van der Waals surface area contributed by atoms with Gasteiger partial charge in [-0.3, -0.25) is 9.67 Å². The molecule has 5 heteroatoms. The summed E-state index contributed by atoms with van der Waals surface area (Å²) in [7, 11) is 0. The van der Waals surface area contributed by atoms with Crippen molar-refractivity contribution in [3.8, 4) is 0 Å². The van der Waals surface area contributed by atoms with E-state index in [9.17, 15) is 0 Å². The van der Waals surface area contributed by atoms with Gasteiger partial charge in [-0.15, -0.1) is 0 Å². The summed E-state index contributed by atoms with van der Waals surface area (Å²) < 4.78 is 1.86. The third-order valence-corrected chi connectivity index (χ3v) is 1.74. The molecule has 1 aromatic heterocycles. The molecule has 0 saturated carbocycles. The first-order valence-electron chi connectivity index (χ1n) is 4.76. The van der Waals surface area contributed by atoms with Crippen LogP contribution < -0.4 is 11.1 Å². The van der Waals surface area contributed by atoms with Gasteiger partial charge in [-0.05, 0) is 19.9 Å². The normalized spacial score (nSPS) is 14.0. The van der Waals surface area contributed by atoms with Crippen LogP contribution in [0.2, 0.25) is 0 Å². The first-order chi connectivity index (χ1) is 6.72. The Morgan fingerprint density at radius 2 is 2.50 bits per heavy atom. The number of rotatable bonds is 4. The smallest absolute Gasteiger partial charge is 0.188 e. The van der Waals surface area contributed by atoms with E-state index < -0.39 is 0 Å². The van der Waals surface area contributed by atoms with Crippen LogP contribution in [0.3, 0.4) is 0 Å². The number of aliphatic imine (C=N–C) groups is 1. The van der Waals surface area contributed by atoms with Crippen LogP contribution in [0.15, 0.2) is 23.5 Å². The second-order valence-electron chi connectivity index (χ2n) is 3.13. The van der Waals surface area contributed by atoms with Gasteiger partial charge in [0.15, 0.2) is 5.96 Å². The number of hydrogen-bond donors (Lipinski definition) is 2. The average Bonchev–Trinajstić information content (AvgIpc) is 2.56. The fourth-order valence-corrected chi connectivity index (χ4v) is 1.20. The van der Waals surface area contributed by atoms with Crippen LogP contribution in [0.25, 0.3) is 0 Å². The summed E-state index contributed by atoms with van der Waals surface area (Å²) in [5.74, 6) is 0.493. The topological polar surface area (TPSA) is 68.2 Å². The molecular weight excluding hydrogens is 178 g/mol. The highest BCUT2D eigenvalue weighted by atomic mass is 15.3. The van der Waals surface area contributed by atoms with Crippen molar-refractivity contribution in [1.82, 2.24) is 15.1 Å². The van der Waals surface area contributed by atoms with Gasteiger partial charge >= 0.3 is 0 Å². The van der Waals surface area contributed by atoms with Crippen LogP contribution in [-0.2, 0) is 6.54 Å². The van der Waals surface area contributed by atoms with Crippen LogP contribution in [0.4, 0.5) is 0 Å². The fraction of sp³-hybridized carbons (Fsp3) is 0.556. The zero-order valence-electron chi connectivity index (χ0n) is 8.64. The molecule has 0 amide bonds. The number of aromatic nitrogens is 2. The van der Waals surface area contributed by atoms with E-state index in [1.54, 1.807) is 6.20 Å². The predicted molar refractivity (Wildman–Crippen MR) is 57.0 cm³/mol. The maximum absolute atomic E-state index is 5.62. The lowest BCUT2D eigenvalue weighted by molar-refractivity contribution is 0.504. The Labute approximate surface area is 84.0 Å². The molecule has 0 aliphatic carbocycles. The van der Waals surface area contributed by atoms with Crippen molar-refractivity contribution >= 4 is 5.96 Å². The summed E-state index contributed by atoms with van der Waals surface area (Å²) in [6.07, 6.45) is 3.68. The van der Waals surface area contributed by atoms with Crippen molar-refractivity contribution in [2.45, 2.75) is 26.4 Å². The Balaban J connectivity index is 2.36. The minimum Gasteiger partial charge on any atom is -0.370 e. The molecule has 3 N–H and O–H groups in total. The highest BCUT2D eigenvalue weighted by Gasteiger charge is 2.02. The largest absolute Gasteiger partial charge is 0.370 e. The summed E-state index contributed by atoms with van der Waals surface area (Å²) >= 11 is 0. The lowest BCUT2D eigenvalue weighted by Crippen LogP contribution is -2.40. The molecule has 0 fully saturated rings. The first-order valence-corrected chi connectivity index (χ1v) is 4.76. The molecule has 1 atom stereocenters. The van der Waals surface area contributed by atoms with Crippen molar-refractivity contribution in [2.24, 2.45) is 10.7 Å². The Morgan fingerprint density at radius 3 is 3.07 bits per heavy atom. The third-order valence-electron chi connectivity index (χ3n) is 1.74. The third kappa shape index (κ3) is 3.47. The van der Waals surface area contributed by atoms with E-state index in [0.717, 1.165) is 6.54 Å². The van der Waals surface area contributed by atoms with Crippen molar-refractivity contribution in [1.29, 1.82) is 0 Å². The van der Waals surface area contributed by atoms with Gasteiger partial charge in [-0.1, -0.05) is 0 Å². The highest BCUT2D eigenvalue weighted by molar-refractivity contribution is 5.78. The van der Waals surface area contributed by atoms with E-state index in [0.29, 0.717) is 12.5 Å². The molecule has 0 spiro atoms. The second kappa shape index (κ2) is 5.26. The summed E-state index contributed by atoms with van der Waals surface area (Å²) in [6, 6.07) is 2.13. The summed E-state index contributed by atoms with van der Waals surface area (Å²) in [4.78, 5) is 4.05. The van der Waals surface area contributed by atoms with Crippen LogP contribution in [-0.4, -0.2) is 28.3 Å². The molecule has 0 aliphatic heterocycles. The van der Waals surface area contributed by atoms with E-state index in [4.69, 9.17) is 5.73 Å². The van der Waals surface area contributed by atoms with E-state index in [2.05, 4.69) is 15.4 Å². The van der Waals surface area contributed by atoms with Crippen LogP contribution in [0.1, 0.15) is 13.8 Å². The minimum absolute atomic E-state index is 0.227. The Bertz CT molecular complexity index is 277. The Morgan fingerprint density at radius 1 is 1.71 bits per heavy atom. The summed E-state index contributed by atoms with van der Waals surface area (Å²) in [5.41, 5.74) is 5.62. The Kier molecular flexibility index (Phi) is 3.97. The molecule has 1 unspecified atom stereocenters. The lowest BCUT2D eigenvalue weighted by Gasteiger charge is -2.14. The van der Waals surface area contributed by atoms with Gasteiger partial charge in [0.1, 0.15) is 0 Å². The van der Waals surface area contributed by atoms with E-state index >= 15 is 0 Å². The molecule has 78 valence electrons. The van der Waals surface area contributed by atoms with Gasteiger partial charge in [-0.2, -0.15) is 5.10 Å². The van der Waals surface area contributed by atoms with Crippen molar-refractivity contribution in [2.75, 3.05) is 6.54 Å². The van der Waals surface area contributed by atoms with Gasteiger partial charge in [-0.25, -0.2) is 0 Å². The van der Waals surface area contributed by atoms with E-state index in [1.807, 2.05) is 30.8 Å². The van der Waals surface area contributed by atoms with Crippen molar-refractivity contribution in [3.05, 3.63) is 18.5 Å². The van der Waals surface area contributed by atoms with E-state index in [1.165, 1.54) is 0 Å². The maximum atomic E-state index is 5.62. The SMILES string of the molecule is CCN=C(N)NC(C)Cn1cccn1. The summed E-state index contributed by atoms with van der Waals surface area (Å²) in [5, 5.41) is 7.19. The monoisotopic (exact) mass is 195 g/mol. The van der Waals surface area contributed by atoms with Gasteiger partial charge in [0.05, 0.1) is 6.54 Å². The molecule has 14 heavy (non-hydrogen) atoms. The average molecular weight is 195 g/mol. The van der Waals surface area contributed by atoms with Crippen LogP contribution >= 0.6 is 0 Å². The molecule has 0 saturated heterocycles. The molecule has 0 aliphatic rings. The number of nitrogens with two attached hydrogens (primary N) is 1. The molecule has 0 aromatic carbocycles. The molecule has 0 radical (unpaired) electrons. The number of hydrogen-bond acceptors (Lipinski definition) is 2. The number of nitrogens with one attached hydrogen (secondary N) is 1. The van der Waals surface area contributed by atoms with Crippen LogP contribution in [0, 0.1) is 0 Å². The quantitative estimate of drug-likeness (QED) is 0.532. The predicted octanol–water partition coefficient (Wildman–Crippen LogP) is 0.196. The molecular formula is C9H17N5. The fourth-order valence-electron chi connectivity index (χ4n) is 1.20. The standard InChI is InChI=1S/C9H17N5/c1-3-11-9(10)13-8(2)7-14-6-4-5-12-14/h4-6,8H,3,7H2,1-2H3,(H3,10,11,13). The molecule has 0 bridgehead atoms. The molecule has 1 rings (SSSR count). The van der Waals surface area contributed by atoms with Crippen molar-refractivity contribution in [3.63, 3.8) is 0 Å². The Hall–Kier alpha value is -1.52. The van der Waals surface area contributed by atoms with Crippen LogP contribution in [0.5, 0.6) is 0 Å². The minimum atomic E-state index is 0.227. The highest BCUT2D eigenvalue weighted by Crippen LogP contribution is 1.89. The number of nitrogens with zero attached hydrogens (tertiary/aromatic N) is 3. The molecule has 1 aromatic rings. The van der Waals surface area contributed by atoms with Gasteiger partial charge < -0.3 is 11.1 Å². The van der Waals surface area contributed by atoms with Gasteiger partial charge in [0, 0.05) is 25.0 Å². The zero-order chi connectivity index (χ0) is 10.4. The molecule has 5 nitrogen and oxygen atoms in total. The van der Waals surface area contributed by atoms with Gasteiger partial charge in [0.25, 0.3) is 0 Å². The molecule has 1 heterocycles. The maximum Gasteiger partial charge on any atom is 0.188 e.